The van der Waals surface area contributed by atoms with Gasteiger partial charge in [-0.05, 0) is 24.7 Å². The highest BCUT2D eigenvalue weighted by molar-refractivity contribution is 4.91. The molecule has 0 saturated heterocycles. The van der Waals surface area contributed by atoms with Gasteiger partial charge in [0.2, 0.25) is 0 Å². The maximum atomic E-state index is 13.6. The summed E-state index contributed by atoms with van der Waals surface area (Å²) < 4.78 is 53.8. The van der Waals surface area contributed by atoms with Gasteiger partial charge in [-0.2, -0.15) is 17.6 Å². The smallest absolute Gasteiger partial charge is 0.200 e. The molecule has 18 heavy (non-hydrogen) atoms. The van der Waals surface area contributed by atoms with Crippen LogP contribution in [0.3, 0.4) is 0 Å². The van der Waals surface area contributed by atoms with Crippen molar-refractivity contribution >= 4 is 0 Å². The fourth-order valence-electron chi connectivity index (χ4n) is 3.53. The van der Waals surface area contributed by atoms with Crippen molar-refractivity contribution in [1.82, 2.24) is 0 Å². The van der Waals surface area contributed by atoms with Crippen LogP contribution in [0.15, 0.2) is 0 Å². The van der Waals surface area contributed by atoms with Gasteiger partial charge in [-0.3, -0.25) is 0 Å². The van der Waals surface area contributed by atoms with E-state index in [1.54, 1.807) is 0 Å². The van der Waals surface area contributed by atoms with Crippen molar-refractivity contribution in [2.24, 2.45) is 11.8 Å². The molecule has 2 saturated carbocycles. The summed E-state index contributed by atoms with van der Waals surface area (Å²) in [7, 11) is 0. The molecule has 4 heteroatoms. The molecule has 1 unspecified atom stereocenters. The summed E-state index contributed by atoms with van der Waals surface area (Å²) in [5, 5.41) is 0. The molecule has 2 aliphatic rings. The number of hydrogen-bond acceptors (Lipinski definition) is 0. The molecule has 0 radical (unpaired) electrons. The Hall–Kier alpha value is -0.280. The van der Waals surface area contributed by atoms with Crippen LogP contribution in [0.1, 0.15) is 64.2 Å². The summed E-state index contributed by atoms with van der Waals surface area (Å²) in [6.07, 6.45) is 5.91. The lowest BCUT2D eigenvalue weighted by atomic mass is 9.81. The van der Waals surface area contributed by atoms with E-state index in [9.17, 15) is 17.6 Å². The van der Waals surface area contributed by atoms with E-state index in [0.717, 1.165) is 38.5 Å². The van der Waals surface area contributed by atoms with E-state index >= 15 is 0 Å². The molecule has 2 fully saturated rings. The van der Waals surface area contributed by atoms with Crippen LogP contribution in [0.25, 0.3) is 0 Å². The van der Waals surface area contributed by atoms with Gasteiger partial charge in [-0.15, -0.1) is 0 Å². The summed E-state index contributed by atoms with van der Waals surface area (Å²) >= 11 is 0. The van der Waals surface area contributed by atoms with Crippen molar-refractivity contribution in [3.05, 3.63) is 0 Å². The summed E-state index contributed by atoms with van der Waals surface area (Å²) in [5.74, 6) is -7.56. The Morgan fingerprint density at radius 1 is 0.611 bits per heavy atom. The third kappa shape index (κ3) is 3.00. The number of alkyl halides is 4. The van der Waals surface area contributed by atoms with Crippen LogP contribution in [0.5, 0.6) is 0 Å². The van der Waals surface area contributed by atoms with Gasteiger partial charge in [-0.25, -0.2) is 0 Å². The second kappa shape index (κ2) is 5.38. The fraction of sp³-hybridized carbons (Fsp3) is 1.00. The summed E-state index contributed by atoms with van der Waals surface area (Å²) in [4.78, 5) is 0. The number of hydrogen-bond donors (Lipinski definition) is 0. The maximum absolute atomic E-state index is 13.6. The molecule has 0 heterocycles. The monoisotopic (exact) mass is 266 g/mol. The minimum absolute atomic E-state index is 0.202. The van der Waals surface area contributed by atoms with E-state index in [1.165, 1.54) is 0 Å². The van der Waals surface area contributed by atoms with E-state index in [-0.39, 0.29) is 18.3 Å². The first-order valence-electron chi connectivity index (χ1n) is 7.18. The second-order valence-electron chi connectivity index (χ2n) is 6.02. The minimum Gasteiger partial charge on any atom is -0.200 e. The van der Waals surface area contributed by atoms with Crippen LogP contribution in [-0.4, -0.2) is 11.8 Å². The van der Waals surface area contributed by atoms with E-state index in [1.807, 2.05) is 0 Å². The highest BCUT2D eigenvalue weighted by Gasteiger charge is 2.57. The Balaban J connectivity index is 2.05. The van der Waals surface area contributed by atoms with Crippen molar-refractivity contribution < 1.29 is 17.6 Å². The molecule has 0 bridgehead atoms. The number of rotatable bonds is 1. The van der Waals surface area contributed by atoms with Crippen LogP contribution in [0.4, 0.5) is 17.6 Å². The van der Waals surface area contributed by atoms with Gasteiger partial charge in [-0.1, -0.05) is 38.5 Å². The summed E-state index contributed by atoms with van der Waals surface area (Å²) in [5.41, 5.74) is 0. The molecule has 0 aromatic heterocycles. The van der Waals surface area contributed by atoms with Crippen molar-refractivity contribution in [3.8, 4) is 0 Å². The van der Waals surface area contributed by atoms with Gasteiger partial charge in [0.15, 0.2) is 0 Å². The van der Waals surface area contributed by atoms with Crippen molar-refractivity contribution in [2.45, 2.75) is 76.1 Å². The third-order valence-electron chi connectivity index (χ3n) is 4.69. The Morgan fingerprint density at radius 3 is 1.78 bits per heavy atom. The zero-order valence-electron chi connectivity index (χ0n) is 10.7. The van der Waals surface area contributed by atoms with Crippen LogP contribution in [-0.2, 0) is 0 Å². The lowest BCUT2D eigenvalue weighted by Gasteiger charge is -2.29. The minimum atomic E-state index is -3.81. The molecule has 0 aromatic rings. The summed E-state index contributed by atoms with van der Waals surface area (Å²) in [6.45, 7) is 0. The highest BCUT2D eigenvalue weighted by atomic mass is 19.3. The molecule has 0 aliphatic heterocycles. The summed E-state index contributed by atoms with van der Waals surface area (Å²) in [6, 6.07) is 0. The Morgan fingerprint density at radius 2 is 1.17 bits per heavy atom. The Kier molecular flexibility index (Phi) is 4.22. The standard InChI is InChI=1S/C14H22F4/c15-13(16)9-5-8-12(10-14(13,17)18)11-6-3-1-2-4-7-11/h11-12H,1-10H2. The molecule has 0 spiro atoms. The van der Waals surface area contributed by atoms with Gasteiger partial charge < -0.3 is 0 Å². The molecule has 2 rings (SSSR count). The molecular formula is C14H22F4. The van der Waals surface area contributed by atoms with Crippen LogP contribution >= 0.6 is 0 Å². The van der Waals surface area contributed by atoms with Gasteiger partial charge in [0.05, 0.1) is 0 Å². The molecule has 0 aromatic carbocycles. The molecule has 0 N–H and O–H groups in total. The Bertz CT molecular complexity index is 267. The first-order chi connectivity index (χ1) is 8.42. The maximum Gasteiger partial charge on any atom is 0.310 e. The predicted octanol–water partition coefficient (Wildman–Crippen LogP) is 5.42. The van der Waals surface area contributed by atoms with Gasteiger partial charge >= 0.3 is 11.8 Å². The molecule has 0 amide bonds. The van der Waals surface area contributed by atoms with Crippen LogP contribution in [0.2, 0.25) is 0 Å². The van der Waals surface area contributed by atoms with E-state index in [2.05, 4.69) is 0 Å². The van der Waals surface area contributed by atoms with Crippen LogP contribution in [0, 0.1) is 11.8 Å². The Labute approximate surface area is 106 Å². The number of halogens is 4. The van der Waals surface area contributed by atoms with E-state index < -0.39 is 24.7 Å². The molecule has 106 valence electrons. The molecule has 0 nitrogen and oxygen atoms in total. The second-order valence-corrected chi connectivity index (χ2v) is 6.02. The SMILES string of the molecule is FC1(F)CCCC(C2CCCCCC2)CC1(F)F. The zero-order chi connectivity index (χ0) is 13.2. The van der Waals surface area contributed by atoms with E-state index in [4.69, 9.17) is 0 Å². The lowest BCUT2D eigenvalue weighted by molar-refractivity contribution is -0.215. The highest BCUT2D eigenvalue weighted by Crippen LogP contribution is 2.49. The quantitative estimate of drug-likeness (QED) is 0.439. The van der Waals surface area contributed by atoms with Crippen molar-refractivity contribution in [1.29, 1.82) is 0 Å². The van der Waals surface area contributed by atoms with Crippen LogP contribution < -0.4 is 0 Å². The average molecular weight is 266 g/mol. The normalized spacial score (nSPS) is 33.7. The van der Waals surface area contributed by atoms with Crippen molar-refractivity contribution in [3.63, 3.8) is 0 Å². The first-order valence-corrected chi connectivity index (χ1v) is 7.18. The van der Waals surface area contributed by atoms with Gasteiger partial charge in [0.1, 0.15) is 0 Å². The van der Waals surface area contributed by atoms with E-state index in [0.29, 0.717) is 6.42 Å². The largest absolute Gasteiger partial charge is 0.310 e. The van der Waals surface area contributed by atoms with Gasteiger partial charge in [0, 0.05) is 12.8 Å². The van der Waals surface area contributed by atoms with Gasteiger partial charge in [0.25, 0.3) is 0 Å². The molecular weight excluding hydrogens is 244 g/mol. The predicted molar refractivity (Wildman–Crippen MR) is 63.0 cm³/mol. The topological polar surface area (TPSA) is 0 Å². The zero-order valence-corrected chi connectivity index (χ0v) is 10.7. The lowest BCUT2D eigenvalue weighted by Crippen LogP contribution is -2.40. The third-order valence-corrected chi connectivity index (χ3v) is 4.69. The molecule has 2 aliphatic carbocycles. The van der Waals surface area contributed by atoms with Crippen molar-refractivity contribution in [2.75, 3.05) is 0 Å². The average Bonchev–Trinajstić information content (AvgIpc) is 2.59. The fourth-order valence-corrected chi connectivity index (χ4v) is 3.53. The molecule has 1 atom stereocenters. The first kappa shape index (κ1) is 14.1.